The first-order chi connectivity index (χ1) is 7.72. The maximum Gasteiger partial charge on any atom is 0.223 e. The third kappa shape index (κ3) is 2.49. The maximum absolute atomic E-state index is 11.4. The molecule has 2 rings (SSSR count). The van der Waals surface area contributed by atoms with E-state index >= 15 is 0 Å². The number of carbonyl (C=O) groups is 1. The second-order valence-corrected chi connectivity index (χ2v) is 4.40. The fraction of sp³-hybridized carbons (Fsp3) is 0.700. The van der Waals surface area contributed by atoms with E-state index in [1.165, 1.54) is 0 Å². The van der Waals surface area contributed by atoms with Gasteiger partial charge in [-0.25, -0.2) is 0 Å². The van der Waals surface area contributed by atoms with Crippen molar-refractivity contribution in [1.29, 1.82) is 0 Å². The van der Waals surface area contributed by atoms with Gasteiger partial charge in [0.1, 0.15) is 5.82 Å². The van der Waals surface area contributed by atoms with Gasteiger partial charge in [0.2, 0.25) is 5.91 Å². The standard InChI is InChI=1S/C10H16N4OS/c1-2-8-12-13-10(16)14(8)6-5-11-9(15)7-3-4-7/h7H,2-6H2,1H3,(H,11,15)(H,13,16). The average Bonchev–Trinajstić information content (AvgIpc) is 3.06. The van der Waals surface area contributed by atoms with E-state index in [1.54, 1.807) is 0 Å². The van der Waals surface area contributed by atoms with E-state index in [1.807, 2.05) is 11.5 Å². The van der Waals surface area contributed by atoms with Gasteiger partial charge < -0.3 is 9.88 Å². The van der Waals surface area contributed by atoms with Crippen LogP contribution < -0.4 is 5.32 Å². The van der Waals surface area contributed by atoms with Gasteiger partial charge in [-0.3, -0.25) is 9.89 Å². The van der Waals surface area contributed by atoms with Crippen LogP contribution in [-0.2, 0) is 17.8 Å². The topological polar surface area (TPSA) is 62.7 Å². The number of rotatable bonds is 5. The summed E-state index contributed by atoms with van der Waals surface area (Å²) in [6.07, 6.45) is 2.91. The summed E-state index contributed by atoms with van der Waals surface area (Å²) < 4.78 is 2.56. The van der Waals surface area contributed by atoms with Gasteiger partial charge in [-0.1, -0.05) is 6.92 Å². The number of aryl methyl sites for hydroxylation is 1. The molecular weight excluding hydrogens is 224 g/mol. The van der Waals surface area contributed by atoms with Crippen molar-refractivity contribution >= 4 is 18.1 Å². The van der Waals surface area contributed by atoms with Crippen molar-refractivity contribution in [3.8, 4) is 0 Å². The molecule has 0 spiro atoms. The summed E-state index contributed by atoms with van der Waals surface area (Å²) in [6.45, 7) is 3.34. The monoisotopic (exact) mass is 240 g/mol. The van der Waals surface area contributed by atoms with Crippen LogP contribution in [0.15, 0.2) is 0 Å². The molecule has 1 aromatic heterocycles. The fourth-order valence-electron chi connectivity index (χ4n) is 1.63. The SMILES string of the molecule is CCc1n[nH]c(=S)n1CCNC(=O)C1CC1. The fourth-order valence-corrected chi connectivity index (χ4v) is 1.87. The van der Waals surface area contributed by atoms with Crippen LogP contribution >= 0.6 is 12.2 Å². The molecule has 0 unspecified atom stereocenters. The molecule has 1 amide bonds. The van der Waals surface area contributed by atoms with E-state index in [0.29, 0.717) is 17.9 Å². The molecule has 6 heteroatoms. The molecule has 16 heavy (non-hydrogen) atoms. The molecular formula is C10H16N4OS. The quantitative estimate of drug-likeness (QED) is 0.756. The second kappa shape index (κ2) is 4.78. The van der Waals surface area contributed by atoms with E-state index in [0.717, 1.165) is 25.1 Å². The minimum atomic E-state index is 0.174. The summed E-state index contributed by atoms with van der Waals surface area (Å²) in [5.74, 6) is 1.38. The largest absolute Gasteiger partial charge is 0.354 e. The van der Waals surface area contributed by atoms with Crippen LogP contribution in [0.1, 0.15) is 25.6 Å². The van der Waals surface area contributed by atoms with Crippen LogP contribution in [0.5, 0.6) is 0 Å². The van der Waals surface area contributed by atoms with Gasteiger partial charge in [-0.15, -0.1) is 0 Å². The van der Waals surface area contributed by atoms with Crippen LogP contribution in [0.2, 0.25) is 0 Å². The molecule has 1 aliphatic carbocycles. The number of nitrogens with one attached hydrogen (secondary N) is 2. The Kier molecular flexibility index (Phi) is 3.38. The lowest BCUT2D eigenvalue weighted by Crippen LogP contribution is -2.28. The van der Waals surface area contributed by atoms with Crippen molar-refractivity contribution in [3.05, 3.63) is 10.6 Å². The summed E-state index contributed by atoms with van der Waals surface area (Å²) in [5.41, 5.74) is 0. The summed E-state index contributed by atoms with van der Waals surface area (Å²) in [7, 11) is 0. The smallest absolute Gasteiger partial charge is 0.223 e. The number of amides is 1. The Morgan fingerprint density at radius 1 is 1.69 bits per heavy atom. The van der Waals surface area contributed by atoms with Crippen LogP contribution in [0.4, 0.5) is 0 Å². The predicted molar refractivity (Wildman–Crippen MR) is 62.5 cm³/mol. The van der Waals surface area contributed by atoms with Gasteiger partial charge in [0, 0.05) is 25.4 Å². The molecule has 0 saturated heterocycles. The Balaban J connectivity index is 1.86. The Morgan fingerprint density at radius 3 is 3.06 bits per heavy atom. The first-order valence-corrected chi connectivity index (χ1v) is 6.05. The predicted octanol–water partition coefficient (Wildman–Crippen LogP) is 1.03. The number of aromatic nitrogens is 3. The zero-order valence-electron chi connectivity index (χ0n) is 9.32. The molecule has 88 valence electrons. The highest BCUT2D eigenvalue weighted by atomic mass is 32.1. The Bertz CT molecular complexity index is 432. The molecule has 0 aliphatic heterocycles. The van der Waals surface area contributed by atoms with Crippen molar-refractivity contribution in [1.82, 2.24) is 20.1 Å². The summed E-state index contributed by atoms with van der Waals surface area (Å²) in [4.78, 5) is 11.4. The van der Waals surface area contributed by atoms with Gasteiger partial charge in [0.15, 0.2) is 4.77 Å². The Labute approximate surface area is 99.2 Å². The number of hydrogen-bond acceptors (Lipinski definition) is 3. The first-order valence-electron chi connectivity index (χ1n) is 5.64. The molecule has 1 saturated carbocycles. The van der Waals surface area contributed by atoms with E-state index in [9.17, 15) is 4.79 Å². The van der Waals surface area contributed by atoms with E-state index in [4.69, 9.17) is 12.2 Å². The zero-order chi connectivity index (χ0) is 11.5. The molecule has 0 aromatic carbocycles. The average molecular weight is 240 g/mol. The third-order valence-electron chi connectivity index (χ3n) is 2.74. The number of aromatic amines is 1. The molecule has 0 radical (unpaired) electrons. The summed E-state index contributed by atoms with van der Waals surface area (Å²) in [5, 5.41) is 9.79. The molecule has 1 fully saturated rings. The zero-order valence-corrected chi connectivity index (χ0v) is 10.1. The highest BCUT2D eigenvalue weighted by Gasteiger charge is 2.29. The van der Waals surface area contributed by atoms with Crippen LogP contribution in [0.25, 0.3) is 0 Å². The summed E-state index contributed by atoms with van der Waals surface area (Å²) in [6, 6.07) is 0. The van der Waals surface area contributed by atoms with E-state index in [-0.39, 0.29) is 11.8 Å². The second-order valence-electron chi connectivity index (χ2n) is 4.02. The van der Waals surface area contributed by atoms with E-state index in [2.05, 4.69) is 15.5 Å². The Morgan fingerprint density at radius 2 is 2.44 bits per heavy atom. The van der Waals surface area contributed by atoms with Gasteiger partial charge in [-0.2, -0.15) is 5.10 Å². The molecule has 1 heterocycles. The normalized spacial score (nSPS) is 15.1. The highest BCUT2D eigenvalue weighted by Crippen LogP contribution is 2.28. The van der Waals surface area contributed by atoms with E-state index < -0.39 is 0 Å². The molecule has 1 aromatic rings. The highest BCUT2D eigenvalue weighted by molar-refractivity contribution is 7.71. The minimum absolute atomic E-state index is 0.174. The van der Waals surface area contributed by atoms with Crippen molar-refractivity contribution < 1.29 is 4.79 Å². The van der Waals surface area contributed by atoms with Crippen molar-refractivity contribution in [3.63, 3.8) is 0 Å². The number of H-pyrrole nitrogens is 1. The van der Waals surface area contributed by atoms with Gasteiger partial charge in [0.25, 0.3) is 0 Å². The van der Waals surface area contributed by atoms with Crippen LogP contribution in [0, 0.1) is 10.7 Å². The molecule has 0 bridgehead atoms. The number of hydrogen-bond donors (Lipinski definition) is 2. The maximum atomic E-state index is 11.4. The Hall–Kier alpha value is -1.17. The molecule has 1 aliphatic rings. The van der Waals surface area contributed by atoms with Crippen LogP contribution in [0.3, 0.4) is 0 Å². The lowest BCUT2D eigenvalue weighted by molar-refractivity contribution is -0.122. The van der Waals surface area contributed by atoms with Crippen molar-refractivity contribution in [2.45, 2.75) is 32.7 Å². The first kappa shape index (κ1) is 11.3. The van der Waals surface area contributed by atoms with Gasteiger partial charge in [-0.05, 0) is 25.1 Å². The third-order valence-corrected chi connectivity index (χ3v) is 3.05. The molecule has 0 atom stereocenters. The van der Waals surface area contributed by atoms with Gasteiger partial charge in [0.05, 0.1) is 0 Å². The summed E-state index contributed by atoms with van der Waals surface area (Å²) >= 11 is 5.11. The molecule has 2 N–H and O–H groups in total. The lowest BCUT2D eigenvalue weighted by Gasteiger charge is -2.06. The van der Waals surface area contributed by atoms with Crippen molar-refractivity contribution in [2.75, 3.05) is 6.54 Å². The molecule has 5 nitrogen and oxygen atoms in total. The van der Waals surface area contributed by atoms with Crippen LogP contribution in [-0.4, -0.2) is 27.2 Å². The van der Waals surface area contributed by atoms with Crippen molar-refractivity contribution in [2.24, 2.45) is 5.92 Å². The minimum Gasteiger partial charge on any atom is -0.354 e. The number of carbonyl (C=O) groups excluding carboxylic acids is 1. The lowest BCUT2D eigenvalue weighted by atomic mass is 10.4. The number of nitrogens with zero attached hydrogens (tertiary/aromatic N) is 2. The van der Waals surface area contributed by atoms with Gasteiger partial charge >= 0.3 is 0 Å².